The molecule has 0 bridgehead atoms. The number of Topliss-reactive ketones (excluding diaryl/α,β-unsaturated/α-hetero) is 1. The molecule has 1 atom stereocenters. The summed E-state index contributed by atoms with van der Waals surface area (Å²) in [5.74, 6) is 0.880. The van der Waals surface area contributed by atoms with Gasteiger partial charge in [-0.25, -0.2) is 0 Å². The topological polar surface area (TPSA) is 17.1 Å². The van der Waals surface area contributed by atoms with E-state index < -0.39 is 0 Å². The van der Waals surface area contributed by atoms with Crippen LogP contribution >= 0.6 is 11.3 Å². The van der Waals surface area contributed by atoms with E-state index in [1.807, 2.05) is 0 Å². The Morgan fingerprint density at radius 3 is 2.62 bits per heavy atom. The van der Waals surface area contributed by atoms with E-state index in [1.165, 1.54) is 10.4 Å². The van der Waals surface area contributed by atoms with Gasteiger partial charge in [0.15, 0.2) is 0 Å². The van der Waals surface area contributed by atoms with Gasteiger partial charge in [-0.2, -0.15) is 0 Å². The van der Waals surface area contributed by atoms with Crippen LogP contribution in [0, 0.1) is 12.3 Å². The molecule has 0 aromatic carbocycles. The lowest BCUT2D eigenvalue weighted by atomic mass is 9.60. The Morgan fingerprint density at radius 1 is 1.54 bits per heavy atom. The summed E-state index contributed by atoms with van der Waals surface area (Å²) in [6.45, 7) is 6.25. The number of hydrogen-bond acceptors (Lipinski definition) is 2. The Kier molecular flexibility index (Phi) is 1.84. The maximum absolute atomic E-state index is 11.4. The van der Waals surface area contributed by atoms with E-state index in [9.17, 15) is 4.79 Å². The van der Waals surface area contributed by atoms with Crippen LogP contribution in [0.5, 0.6) is 0 Å². The highest BCUT2D eigenvalue weighted by Crippen LogP contribution is 2.51. The van der Waals surface area contributed by atoms with Crippen molar-refractivity contribution >= 4 is 17.1 Å². The fraction of sp³-hybridized carbons (Fsp3) is 0.545. The SMILES string of the molecule is Cc1ccsc1C1CC(=O)C1(C)C. The molecule has 0 spiro atoms. The van der Waals surface area contributed by atoms with E-state index in [0.717, 1.165) is 6.42 Å². The molecule has 0 N–H and O–H groups in total. The zero-order valence-electron chi connectivity index (χ0n) is 8.26. The first-order valence-corrected chi connectivity index (χ1v) is 5.48. The van der Waals surface area contributed by atoms with E-state index in [0.29, 0.717) is 11.7 Å². The molecule has 1 unspecified atom stereocenters. The molecule has 1 nitrogen and oxygen atoms in total. The summed E-state index contributed by atoms with van der Waals surface area (Å²) in [5, 5.41) is 2.11. The van der Waals surface area contributed by atoms with Crippen molar-refractivity contribution in [1.82, 2.24) is 0 Å². The molecule has 1 aliphatic rings. The van der Waals surface area contributed by atoms with Crippen molar-refractivity contribution in [3.63, 3.8) is 0 Å². The molecule has 1 fully saturated rings. The van der Waals surface area contributed by atoms with Gasteiger partial charge in [0.1, 0.15) is 5.78 Å². The van der Waals surface area contributed by atoms with Gasteiger partial charge in [-0.05, 0) is 23.9 Å². The summed E-state index contributed by atoms with van der Waals surface area (Å²) in [4.78, 5) is 12.8. The molecule has 1 aromatic rings. The average Bonchev–Trinajstić information content (AvgIpc) is 2.47. The van der Waals surface area contributed by atoms with Gasteiger partial charge in [0.2, 0.25) is 0 Å². The van der Waals surface area contributed by atoms with E-state index in [-0.39, 0.29) is 5.41 Å². The minimum absolute atomic E-state index is 0.115. The lowest BCUT2D eigenvalue weighted by Gasteiger charge is -2.42. The summed E-state index contributed by atoms with van der Waals surface area (Å²) in [6, 6.07) is 2.14. The number of rotatable bonds is 1. The second kappa shape index (κ2) is 2.68. The molecule has 2 heteroatoms. The molecule has 1 aliphatic carbocycles. The second-order valence-corrected chi connectivity index (χ2v) is 5.32. The molecule has 13 heavy (non-hydrogen) atoms. The van der Waals surface area contributed by atoms with E-state index >= 15 is 0 Å². The fourth-order valence-electron chi connectivity index (χ4n) is 1.93. The highest BCUT2D eigenvalue weighted by Gasteiger charge is 2.48. The summed E-state index contributed by atoms with van der Waals surface area (Å²) >= 11 is 1.79. The fourth-order valence-corrected chi connectivity index (χ4v) is 3.14. The largest absolute Gasteiger partial charge is 0.299 e. The lowest BCUT2D eigenvalue weighted by Crippen LogP contribution is -2.43. The Hall–Kier alpha value is -0.630. The van der Waals surface area contributed by atoms with Crippen LogP contribution in [0.4, 0.5) is 0 Å². The maximum atomic E-state index is 11.4. The molecular weight excluding hydrogens is 180 g/mol. The van der Waals surface area contributed by atoms with Crippen molar-refractivity contribution in [2.24, 2.45) is 5.41 Å². The van der Waals surface area contributed by atoms with Crippen LogP contribution in [-0.4, -0.2) is 5.78 Å². The van der Waals surface area contributed by atoms with Gasteiger partial charge in [0, 0.05) is 22.6 Å². The normalized spacial score (nSPS) is 25.8. The van der Waals surface area contributed by atoms with Crippen molar-refractivity contribution in [1.29, 1.82) is 0 Å². The van der Waals surface area contributed by atoms with Gasteiger partial charge >= 0.3 is 0 Å². The summed E-state index contributed by atoms with van der Waals surface area (Å²) < 4.78 is 0. The van der Waals surface area contributed by atoms with Crippen LogP contribution in [0.15, 0.2) is 11.4 Å². The lowest BCUT2D eigenvalue weighted by molar-refractivity contribution is -0.137. The van der Waals surface area contributed by atoms with Crippen LogP contribution < -0.4 is 0 Å². The van der Waals surface area contributed by atoms with Gasteiger partial charge in [-0.1, -0.05) is 13.8 Å². The molecule has 1 aromatic heterocycles. The molecule has 0 radical (unpaired) electrons. The van der Waals surface area contributed by atoms with Crippen molar-refractivity contribution in [2.45, 2.75) is 33.1 Å². The molecule has 0 aliphatic heterocycles. The minimum Gasteiger partial charge on any atom is -0.299 e. The summed E-state index contributed by atoms with van der Waals surface area (Å²) in [6.07, 6.45) is 0.744. The predicted octanol–water partition coefficient (Wildman–Crippen LogP) is 3.14. The van der Waals surface area contributed by atoms with Crippen LogP contribution in [0.1, 0.15) is 36.6 Å². The Labute approximate surface area is 82.8 Å². The van der Waals surface area contributed by atoms with Crippen molar-refractivity contribution in [3.8, 4) is 0 Å². The highest BCUT2D eigenvalue weighted by molar-refractivity contribution is 7.10. The second-order valence-electron chi connectivity index (χ2n) is 4.37. The number of hydrogen-bond donors (Lipinski definition) is 0. The van der Waals surface area contributed by atoms with E-state index in [1.54, 1.807) is 11.3 Å². The molecule has 0 amide bonds. The van der Waals surface area contributed by atoms with Crippen LogP contribution in [0.25, 0.3) is 0 Å². The van der Waals surface area contributed by atoms with Gasteiger partial charge in [0.05, 0.1) is 0 Å². The van der Waals surface area contributed by atoms with Crippen molar-refractivity contribution in [2.75, 3.05) is 0 Å². The Morgan fingerprint density at radius 2 is 2.23 bits per heavy atom. The van der Waals surface area contributed by atoms with Crippen LogP contribution in [0.3, 0.4) is 0 Å². The monoisotopic (exact) mass is 194 g/mol. The Bertz CT molecular complexity index is 349. The minimum atomic E-state index is -0.115. The number of carbonyl (C=O) groups is 1. The third-order valence-electron chi connectivity index (χ3n) is 3.20. The van der Waals surface area contributed by atoms with Crippen molar-refractivity contribution < 1.29 is 4.79 Å². The first kappa shape index (κ1) is 8.95. The highest BCUT2D eigenvalue weighted by atomic mass is 32.1. The molecule has 1 saturated carbocycles. The van der Waals surface area contributed by atoms with E-state index in [4.69, 9.17) is 0 Å². The first-order valence-electron chi connectivity index (χ1n) is 4.61. The van der Waals surface area contributed by atoms with Gasteiger partial charge < -0.3 is 0 Å². The standard InChI is InChI=1S/C11H14OS/c1-7-4-5-13-10(7)8-6-9(12)11(8,2)3/h4-5,8H,6H2,1-3H3. The van der Waals surface area contributed by atoms with Crippen molar-refractivity contribution in [3.05, 3.63) is 21.9 Å². The average molecular weight is 194 g/mol. The zero-order chi connectivity index (χ0) is 9.64. The Balaban J connectivity index is 2.31. The smallest absolute Gasteiger partial charge is 0.139 e. The summed E-state index contributed by atoms with van der Waals surface area (Å²) in [7, 11) is 0. The third-order valence-corrected chi connectivity index (χ3v) is 4.33. The first-order chi connectivity index (χ1) is 6.03. The molecule has 1 heterocycles. The maximum Gasteiger partial charge on any atom is 0.139 e. The van der Waals surface area contributed by atoms with Crippen LogP contribution in [0.2, 0.25) is 0 Å². The molecule has 70 valence electrons. The van der Waals surface area contributed by atoms with Gasteiger partial charge in [-0.15, -0.1) is 11.3 Å². The van der Waals surface area contributed by atoms with Gasteiger partial charge in [-0.3, -0.25) is 4.79 Å². The van der Waals surface area contributed by atoms with Gasteiger partial charge in [0.25, 0.3) is 0 Å². The number of carbonyl (C=O) groups excluding carboxylic acids is 1. The third kappa shape index (κ3) is 1.16. The predicted molar refractivity (Wildman–Crippen MR) is 55.2 cm³/mol. The number of ketones is 1. The quantitative estimate of drug-likeness (QED) is 0.671. The molecule has 0 saturated heterocycles. The molecular formula is C11H14OS. The zero-order valence-corrected chi connectivity index (χ0v) is 9.07. The number of thiophene rings is 1. The number of aryl methyl sites for hydroxylation is 1. The summed E-state index contributed by atoms with van der Waals surface area (Å²) in [5.41, 5.74) is 1.23. The van der Waals surface area contributed by atoms with Crippen LogP contribution in [-0.2, 0) is 4.79 Å². The van der Waals surface area contributed by atoms with E-state index in [2.05, 4.69) is 32.2 Å². The molecule has 2 rings (SSSR count).